The summed E-state index contributed by atoms with van der Waals surface area (Å²) < 4.78 is 0. The maximum atomic E-state index is 11.8. The minimum absolute atomic E-state index is 0.162. The highest BCUT2D eigenvalue weighted by atomic mass is 16.3. The van der Waals surface area contributed by atoms with Gasteiger partial charge in [-0.2, -0.15) is 0 Å². The average Bonchev–Trinajstić information content (AvgIpc) is 2.19. The van der Waals surface area contributed by atoms with Gasteiger partial charge in [0.1, 0.15) is 5.78 Å². The standard InChI is InChI=1S/C12H21NO2/c1-12(15)6-8-13(9-7-12)10-4-2-3-5-11(10)14/h10,15H,2-9H2,1H3. The molecule has 0 aromatic heterocycles. The maximum Gasteiger partial charge on any atom is 0.149 e. The third-order valence-corrected chi connectivity index (χ3v) is 3.84. The number of Topliss-reactive ketones (excluding diaryl/α,β-unsaturated/α-hetero) is 1. The molecule has 0 radical (unpaired) electrons. The van der Waals surface area contributed by atoms with Crippen LogP contribution in [-0.2, 0) is 4.79 Å². The van der Waals surface area contributed by atoms with E-state index in [-0.39, 0.29) is 6.04 Å². The lowest BCUT2D eigenvalue weighted by Gasteiger charge is -2.40. The minimum atomic E-state index is -0.506. The van der Waals surface area contributed by atoms with E-state index in [0.717, 1.165) is 45.2 Å². The van der Waals surface area contributed by atoms with Crippen LogP contribution in [0.2, 0.25) is 0 Å². The SMILES string of the molecule is CC1(O)CCN(C2CCCCC2=O)CC1. The number of likely N-dealkylation sites (tertiary alicyclic amines) is 1. The number of hydrogen-bond acceptors (Lipinski definition) is 3. The second-order valence-corrected chi connectivity index (χ2v) is 5.26. The smallest absolute Gasteiger partial charge is 0.149 e. The number of nitrogens with zero attached hydrogens (tertiary/aromatic N) is 1. The van der Waals surface area contributed by atoms with Crippen LogP contribution in [0.4, 0.5) is 0 Å². The monoisotopic (exact) mass is 211 g/mol. The molecule has 3 nitrogen and oxygen atoms in total. The Labute approximate surface area is 91.5 Å². The van der Waals surface area contributed by atoms with Gasteiger partial charge in [-0.3, -0.25) is 9.69 Å². The summed E-state index contributed by atoms with van der Waals surface area (Å²) >= 11 is 0. The Morgan fingerprint density at radius 3 is 2.60 bits per heavy atom. The lowest BCUT2D eigenvalue weighted by molar-refractivity contribution is -0.128. The molecule has 1 heterocycles. The van der Waals surface area contributed by atoms with E-state index in [4.69, 9.17) is 0 Å². The molecule has 0 aromatic rings. The first kappa shape index (κ1) is 11.1. The molecule has 2 rings (SSSR count). The zero-order valence-corrected chi connectivity index (χ0v) is 9.54. The molecular formula is C12H21NO2. The van der Waals surface area contributed by atoms with Crippen LogP contribution in [0.3, 0.4) is 0 Å². The first-order valence-electron chi connectivity index (χ1n) is 6.08. The van der Waals surface area contributed by atoms with Crippen molar-refractivity contribution in [1.82, 2.24) is 4.90 Å². The summed E-state index contributed by atoms with van der Waals surface area (Å²) in [6.07, 6.45) is 5.65. The molecule has 1 N–H and O–H groups in total. The predicted octanol–water partition coefficient (Wildman–Crippen LogP) is 1.34. The van der Waals surface area contributed by atoms with Crippen molar-refractivity contribution in [3.8, 4) is 0 Å². The second-order valence-electron chi connectivity index (χ2n) is 5.26. The molecule has 0 spiro atoms. The highest BCUT2D eigenvalue weighted by Crippen LogP contribution is 2.26. The third-order valence-electron chi connectivity index (χ3n) is 3.84. The molecule has 0 amide bonds. The minimum Gasteiger partial charge on any atom is -0.390 e. The van der Waals surface area contributed by atoms with Crippen molar-refractivity contribution in [1.29, 1.82) is 0 Å². The number of aliphatic hydroxyl groups is 1. The molecule has 1 saturated heterocycles. The van der Waals surface area contributed by atoms with Crippen molar-refractivity contribution in [2.24, 2.45) is 0 Å². The normalized spacial score (nSPS) is 32.9. The predicted molar refractivity (Wildman–Crippen MR) is 58.7 cm³/mol. The van der Waals surface area contributed by atoms with Crippen LogP contribution in [-0.4, -0.2) is 40.5 Å². The van der Waals surface area contributed by atoms with Crippen LogP contribution in [0.5, 0.6) is 0 Å². The molecule has 1 aliphatic heterocycles. The van der Waals surface area contributed by atoms with Gasteiger partial charge in [0, 0.05) is 19.5 Å². The molecule has 1 atom stereocenters. The summed E-state index contributed by atoms with van der Waals surface area (Å²) in [6, 6.07) is 0.162. The van der Waals surface area contributed by atoms with E-state index >= 15 is 0 Å². The first-order chi connectivity index (χ1) is 7.08. The van der Waals surface area contributed by atoms with E-state index in [9.17, 15) is 9.90 Å². The molecule has 0 bridgehead atoms. The summed E-state index contributed by atoms with van der Waals surface area (Å²) in [4.78, 5) is 14.0. The molecule has 0 aromatic carbocycles. The van der Waals surface area contributed by atoms with Crippen molar-refractivity contribution in [2.45, 2.75) is 57.1 Å². The van der Waals surface area contributed by atoms with E-state index in [1.54, 1.807) is 0 Å². The number of ketones is 1. The van der Waals surface area contributed by atoms with Crippen molar-refractivity contribution in [2.75, 3.05) is 13.1 Å². The molecule has 2 fully saturated rings. The largest absolute Gasteiger partial charge is 0.390 e. The zero-order valence-electron chi connectivity index (χ0n) is 9.54. The lowest BCUT2D eigenvalue weighted by Crippen LogP contribution is -2.50. The van der Waals surface area contributed by atoms with Crippen LogP contribution < -0.4 is 0 Å². The fraction of sp³-hybridized carbons (Fsp3) is 0.917. The van der Waals surface area contributed by atoms with Gasteiger partial charge in [0.05, 0.1) is 11.6 Å². The molecule has 1 aliphatic carbocycles. The lowest BCUT2D eigenvalue weighted by atomic mass is 9.88. The summed E-state index contributed by atoms with van der Waals surface area (Å²) in [5.41, 5.74) is -0.506. The van der Waals surface area contributed by atoms with Gasteiger partial charge in [0.15, 0.2) is 0 Å². The van der Waals surface area contributed by atoms with Gasteiger partial charge < -0.3 is 5.11 Å². The van der Waals surface area contributed by atoms with Crippen molar-refractivity contribution in [3.63, 3.8) is 0 Å². The second kappa shape index (κ2) is 4.22. The zero-order chi connectivity index (χ0) is 10.9. The Hall–Kier alpha value is -0.410. The molecule has 15 heavy (non-hydrogen) atoms. The van der Waals surface area contributed by atoms with Crippen LogP contribution >= 0.6 is 0 Å². The van der Waals surface area contributed by atoms with E-state index in [1.165, 1.54) is 6.42 Å². The Morgan fingerprint density at radius 2 is 2.00 bits per heavy atom. The van der Waals surface area contributed by atoms with Crippen LogP contribution in [0.25, 0.3) is 0 Å². The van der Waals surface area contributed by atoms with Gasteiger partial charge in [0.2, 0.25) is 0 Å². The van der Waals surface area contributed by atoms with Gasteiger partial charge in [-0.25, -0.2) is 0 Å². The fourth-order valence-corrected chi connectivity index (χ4v) is 2.67. The molecule has 1 unspecified atom stereocenters. The molecule has 2 aliphatic rings. The maximum absolute atomic E-state index is 11.8. The summed E-state index contributed by atoms with van der Waals surface area (Å²) in [6.45, 7) is 3.65. The van der Waals surface area contributed by atoms with Crippen LogP contribution in [0, 0.1) is 0 Å². The first-order valence-corrected chi connectivity index (χ1v) is 6.08. The summed E-state index contributed by atoms with van der Waals surface area (Å²) in [7, 11) is 0. The quantitative estimate of drug-likeness (QED) is 0.711. The number of carbonyl (C=O) groups excluding carboxylic acids is 1. The van der Waals surface area contributed by atoms with E-state index < -0.39 is 5.60 Å². The number of carbonyl (C=O) groups is 1. The van der Waals surface area contributed by atoms with Crippen molar-refractivity contribution < 1.29 is 9.90 Å². The van der Waals surface area contributed by atoms with E-state index in [2.05, 4.69) is 4.90 Å². The molecule has 1 saturated carbocycles. The van der Waals surface area contributed by atoms with E-state index in [1.807, 2.05) is 6.92 Å². The van der Waals surface area contributed by atoms with Crippen molar-refractivity contribution in [3.05, 3.63) is 0 Å². The van der Waals surface area contributed by atoms with Crippen molar-refractivity contribution >= 4 is 5.78 Å². The summed E-state index contributed by atoms with van der Waals surface area (Å²) in [5.74, 6) is 0.419. The number of hydrogen-bond donors (Lipinski definition) is 1. The Balaban J connectivity index is 1.92. The third kappa shape index (κ3) is 2.58. The number of rotatable bonds is 1. The van der Waals surface area contributed by atoms with Gasteiger partial charge >= 0.3 is 0 Å². The molecule has 86 valence electrons. The van der Waals surface area contributed by atoms with Gasteiger partial charge in [-0.15, -0.1) is 0 Å². The Bertz CT molecular complexity index is 240. The topological polar surface area (TPSA) is 40.5 Å². The number of piperidine rings is 1. The fourth-order valence-electron chi connectivity index (χ4n) is 2.67. The van der Waals surface area contributed by atoms with Crippen LogP contribution in [0.1, 0.15) is 45.4 Å². The van der Waals surface area contributed by atoms with Gasteiger partial charge in [0.25, 0.3) is 0 Å². The van der Waals surface area contributed by atoms with Gasteiger partial charge in [-0.05, 0) is 32.6 Å². The Kier molecular flexibility index (Phi) is 3.12. The van der Waals surface area contributed by atoms with Crippen LogP contribution in [0.15, 0.2) is 0 Å². The molecule has 3 heteroatoms. The van der Waals surface area contributed by atoms with E-state index in [0.29, 0.717) is 5.78 Å². The molecular weight excluding hydrogens is 190 g/mol. The Morgan fingerprint density at radius 1 is 1.33 bits per heavy atom. The summed E-state index contributed by atoms with van der Waals surface area (Å²) in [5, 5.41) is 9.84. The highest BCUT2D eigenvalue weighted by molar-refractivity contribution is 5.84. The van der Waals surface area contributed by atoms with Gasteiger partial charge in [-0.1, -0.05) is 6.42 Å². The highest BCUT2D eigenvalue weighted by Gasteiger charge is 2.34. The average molecular weight is 211 g/mol.